The minimum absolute atomic E-state index is 0.0436. The summed E-state index contributed by atoms with van der Waals surface area (Å²) >= 11 is 1.42. The number of ether oxygens (including phenoxy) is 2. The van der Waals surface area contributed by atoms with Crippen molar-refractivity contribution in [3.63, 3.8) is 0 Å². The molecule has 2 amide bonds. The quantitative estimate of drug-likeness (QED) is 0.362. The van der Waals surface area contributed by atoms with E-state index in [0.717, 1.165) is 4.90 Å². The van der Waals surface area contributed by atoms with Crippen LogP contribution in [0.3, 0.4) is 0 Å². The molecule has 12 heteroatoms. The molecule has 0 radical (unpaired) electrons. The first-order valence-electron chi connectivity index (χ1n) is 11.2. The van der Waals surface area contributed by atoms with Crippen molar-refractivity contribution in [3.8, 4) is 17.4 Å². The lowest BCUT2D eigenvalue weighted by Crippen LogP contribution is -2.53. The van der Waals surface area contributed by atoms with Gasteiger partial charge in [0.1, 0.15) is 28.2 Å². The summed E-state index contributed by atoms with van der Waals surface area (Å²) in [5.74, 6) is -0.781. The Hall–Kier alpha value is -4.06. The van der Waals surface area contributed by atoms with E-state index in [1.54, 1.807) is 24.4 Å². The molecule has 11 nitrogen and oxygen atoms in total. The summed E-state index contributed by atoms with van der Waals surface area (Å²) in [6.07, 6.45) is 1.75. The predicted octanol–water partition coefficient (Wildman–Crippen LogP) is 2.49. The van der Waals surface area contributed by atoms with Gasteiger partial charge in [0.05, 0.1) is 19.0 Å². The van der Waals surface area contributed by atoms with Crippen molar-refractivity contribution in [2.24, 2.45) is 5.92 Å². The molecule has 36 heavy (non-hydrogen) atoms. The number of rotatable bonds is 7. The number of nitrogens with zero attached hydrogens (tertiary/aromatic N) is 4. The van der Waals surface area contributed by atoms with Gasteiger partial charge < -0.3 is 19.9 Å². The molecule has 2 N–H and O–H groups in total. The maximum absolute atomic E-state index is 13.2. The first-order valence-corrected chi connectivity index (χ1v) is 12.1. The number of carbonyl (C=O) groups is 3. The molecule has 1 saturated heterocycles. The molecular formula is C24H23N5O6S. The Kier molecular flexibility index (Phi) is 6.04. The second-order valence-corrected chi connectivity index (χ2v) is 9.53. The van der Waals surface area contributed by atoms with Gasteiger partial charge in [-0.05, 0) is 30.0 Å². The molecule has 3 aromatic heterocycles. The SMILES string of the molecule is C=C[C@@H]1C[C@]1(NC(=O)[C@@H]1C[C@@H](Oc2nc(-c3ccccn3)nc3sccc23)CN1C(=O)O)C(=O)OC. The van der Waals surface area contributed by atoms with Gasteiger partial charge in [-0.2, -0.15) is 4.98 Å². The number of esters is 1. The Labute approximate surface area is 209 Å². The normalized spacial score (nSPS) is 24.8. The highest BCUT2D eigenvalue weighted by Gasteiger charge is 2.61. The molecule has 1 aliphatic heterocycles. The van der Waals surface area contributed by atoms with E-state index in [0.29, 0.717) is 34.0 Å². The number of methoxy groups -OCH3 is 1. The number of amides is 2. The maximum Gasteiger partial charge on any atom is 0.408 e. The summed E-state index contributed by atoms with van der Waals surface area (Å²) in [5, 5.41) is 15.0. The molecule has 0 spiro atoms. The van der Waals surface area contributed by atoms with Gasteiger partial charge in [-0.3, -0.25) is 14.7 Å². The lowest BCUT2D eigenvalue weighted by atomic mass is 10.1. The Morgan fingerprint density at radius 3 is 2.81 bits per heavy atom. The highest BCUT2D eigenvalue weighted by molar-refractivity contribution is 7.16. The van der Waals surface area contributed by atoms with Gasteiger partial charge in [-0.15, -0.1) is 17.9 Å². The van der Waals surface area contributed by atoms with E-state index in [9.17, 15) is 19.5 Å². The van der Waals surface area contributed by atoms with Crippen LogP contribution < -0.4 is 10.1 Å². The summed E-state index contributed by atoms with van der Waals surface area (Å²) in [6, 6.07) is 6.18. The van der Waals surface area contributed by atoms with Gasteiger partial charge in [0.2, 0.25) is 11.8 Å². The van der Waals surface area contributed by atoms with Crippen LogP contribution in [0.2, 0.25) is 0 Å². The fourth-order valence-corrected chi connectivity index (χ4v) is 5.27. The standard InChI is InChI=1S/C24H23N5O6S/c1-3-13-11-24(13,22(31)34-2)28-19(30)17-10-14(12-29(17)23(32)33)35-20-15-7-9-36-21(15)27-18(26-20)16-6-4-5-8-25-16/h3-9,13-14,17H,1,10-12H2,2H3,(H,28,30)(H,32,33)/t13-,14-,17+,24-/m1/s1. The van der Waals surface area contributed by atoms with E-state index in [1.807, 2.05) is 17.5 Å². The molecule has 0 bridgehead atoms. The number of carbonyl (C=O) groups excluding carboxylic acids is 2. The van der Waals surface area contributed by atoms with Crippen molar-refractivity contribution in [1.29, 1.82) is 0 Å². The number of likely N-dealkylation sites (tertiary alicyclic amines) is 1. The molecule has 5 rings (SSSR count). The molecule has 0 unspecified atom stereocenters. The number of pyridine rings is 1. The van der Waals surface area contributed by atoms with Crippen LogP contribution in [-0.4, -0.2) is 74.3 Å². The minimum atomic E-state index is -1.26. The molecule has 4 atom stereocenters. The van der Waals surface area contributed by atoms with Crippen LogP contribution in [0, 0.1) is 5.92 Å². The van der Waals surface area contributed by atoms with Crippen molar-refractivity contribution in [3.05, 3.63) is 48.5 Å². The maximum atomic E-state index is 13.2. The first-order chi connectivity index (χ1) is 17.4. The van der Waals surface area contributed by atoms with Crippen molar-refractivity contribution in [2.75, 3.05) is 13.7 Å². The van der Waals surface area contributed by atoms with Crippen molar-refractivity contribution >= 4 is 39.5 Å². The number of fused-ring (bicyclic) bond motifs is 1. The van der Waals surface area contributed by atoms with E-state index in [4.69, 9.17) is 9.47 Å². The molecule has 2 aliphatic rings. The summed E-state index contributed by atoms with van der Waals surface area (Å²) in [5.41, 5.74) is -0.646. The van der Waals surface area contributed by atoms with Crippen LogP contribution in [0.25, 0.3) is 21.7 Å². The fourth-order valence-electron chi connectivity index (χ4n) is 4.52. The lowest BCUT2D eigenvalue weighted by molar-refractivity contribution is -0.147. The minimum Gasteiger partial charge on any atom is -0.472 e. The Balaban J connectivity index is 1.38. The van der Waals surface area contributed by atoms with Crippen LogP contribution in [0.4, 0.5) is 4.79 Å². The highest BCUT2D eigenvalue weighted by Crippen LogP contribution is 2.45. The van der Waals surface area contributed by atoms with Crippen LogP contribution in [0.15, 0.2) is 48.5 Å². The fraction of sp³-hybridized carbons (Fsp3) is 0.333. The number of hydrogen-bond donors (Lipinski definition) is 2. The zero-order valence-corrected chi connectivity index (χ0v) is 20.1. The third-order valence-corrected chi connectivity index (χ3v) is 7.28. The van der Waals surface area contributed by atoms with E-state index in [-0.39, 0.29) is 18.9 Å². The number of nitrogens with one attached hydrogen (secondary N) is 1. The van der Waals surface area contributed by atoms with Gasteiger partial charge in [-0.25, -0.2) is 14.6 Å². The van der Waals surface area contributed by atoms with Gasteiger partial charge in [0.25, 0.3) is 0 Å². The average molecular weight is 510 g/mol. The zero-order valence-electron chi connectivity index (χ0n) is 19.3. The molecule has 0 aromatic carbocycles. The molecule has 2 fully saturated rings. The third kappa shape index (κ3) is 4.13. The molecular weight excluding hydrogens is 486 g/mol. The number of hydrogen-bond acceptors (Lipinski definition) is 9. The number of aromatic nitrogens is 3. The Bertz CT molecular complexity index is 1350. The zero-order chi connectivity index (χ0) is 25.4. The summed E-state index contributed by atoms with van der Waals surface area (Å²) in [7, 11) is 1.24. The van der Waals surface area contributed by atoms with E-state index >= 15 is 0 Å². The molecule has 4 heterocycles. The van der Waals surface area contributed by atoms with Crippen LogP contribution in [-0.2, 0) is 14.3 Å². The number of carboxylic acid groups (broad SMARTS) is 1. The van der Waals surface area contributed by atoms with Crippen molar-refractivity contribution in [1.82, 2.24) is 25.2 Å². The molecule has 3 aromatic rings. The van der Waals surface area contributed by atoms with Gasteiger partial charge >= 0.3 is 12.1 Å². The van der Waals surface area contributed by atoms with Crippen molar-refractivity contribution in [2.45, 2.75) is 30.5 Å². The van der Waals surface area contributed by atoms with Crippen molar-refractivity contribution < 1.29 is 29.0 Å². The van der Waals surface area contributed by atoms with Gasteiger partial charge in [0.15, 0.2) is 5.82 Å². The summed E-state index contributed by atoms with van der Waals surface area (Å²) in [6.45, 7) is 3.65. The largest absolute Gasteiger partial charge is 0.472 e. The predicted molar refractivity (Wildman–Crippen MR) is 129 cm³/mol. The second kappa shape index (κ2) is 9.19. The monoisotopic (exact) mass is 509 g/mol. The second-order valence-electron chi connectivity index (χ2n) is 8.63. The van der Waals surface area contributed by atoms with E-state index < -0.39 is 35.7 Å². The highest BCUT2D eigenvalue weighted by atomic mass is 32.1. The van der Waals surface area contributed by atoms with E-state index in [2.05, 4.69) is 26.8 Å². The summed E-state index contributed by atoms with van der Waals surface area (Å²) in [4.78, 5) is 52.6. The van der Waals surface area contributed by atoms with Crippen LogP contribution in [0.5, 0.6) is 5.88 Å². The molecule has 1 saturated carbocycles. The van der Waals surface area contributed by atoms with Gasteiger partial charge in [-0.1, -0.05) is 12.1 Å². The van der Waals surface area contributed by atoms with Gasteiger partial charge in [0, 0.05) is 18.5 Å². The van der Waals surface area contributed by atoms with Crippen LogP contribution in [0.1, 0.15) is 12.8 Å². The smallest absolute Gasteiger partial charge is 0.408 e. The topological polar surface area (TPSA) is 144 Å². The summed E-state index contributed by atoms with van der Waals surface area (Å²) < 4.78 is 11.0. The lowest BCUT2D eigenvalue weighted by Gasteiger charge is -2.23. The third-order valence-electron chi connectivity index (χ3n) is 6.47. The van der Waals surface area contributed by atoms with E-state index in [1.165, 1.54) is 18.4 Å². The van der Waals surface area contributed by atoms with Crippen LogP contribution >= 0.6 is 11.3 Å². The first kappa shape index (κ1) is 23.7. The average Bonchev–Trinajstić information content (AvgIpc) is 3.20. The number of thiophene rings is 1. The Morgan fingerprint density at radius 2 is 2.14 bits per heavy atom. The Morgan fingerprint density at radius 1 is 1.31 bits per heavy atom. The molecule has 1 aliphatic carbocycles. The molecule has 186 valence electrons.